The molecule has 1 aromatic carbocycles. The number of hydrogen-bond acceptors (Lipinski definition) is 3. The number of halogens is 1. The van der Waals surface area contributed by atoms with Crippen molar-refractivity contribution < 1.29 is 4.79 Å². The second-order valence-corrected chi connectivity index (χ2v) is 5.63. The van der Waals surface area contributed by atoms with E-state index >= 15 is 0 Å². The molecule has 0 bridgehead atoms. The van der Waals surface area contributed by atoms with Gasteiger partial charge in [-0.3, -0.25) is 4.79 Å². The number of benzene rings is 1. The minimum Gasteiger partial charge on any atom is -0.352 e. The van der Waals surface area contributed by atoms with Crippen molar-refractivity contribution in [1.29, 1.82) is 0 Å². The molecule has 2 rings (SSSR count). The molecule has 0 radical (unpaired) electrons. The van der Waals surface area contributed by atoms with Gasteiger partial charge >= 0.3 is 0 Å². The van der Waals surface area contributed by atoms with Crippen molar-refractivity contribution in [3.63, 3.8) is 0 Å². The maximum atomic E-state index is 11.8. The third-order valence-electron chi connectivity index (χ3n) is 2.61. The van der Waals surface area contributed by atoms with Crippen LogP contribution in [0.15, 0.2) is 29.6 Å². The predicted octanol–water partition coefficient (Wildman–Crippen LogP) is 3.47. The van der Waals surface area contributed by atoms with Gasteiger partial charge in [-0.2, -0.15) is 0 Å². The Morgan fingerprint density at radius 1 is 1.47 bits per heavy atom. The van der Waals surface area contributed by atoms with Crippen LogP contribution < -0.4 is 5.32 Å². The molecule has 0 aliphatic carbocycles. The van der Waals surface area contributed by atoms with Crippen LogP contribution in [0.5, 0.6) is 0 Å². The fourth-order valence-electron chi connectivity index (χ4n) is 1.69. The van der Waals surface area contributed by atoms with Gasteiger partial charge < -0.3 is 5.32 Å². The van der Waals surface area contributed by atoms with Gasteiger partial charge in [0.05, 0.1) is 5.01 Å². The van der Waals surface area contributed by atoms with Crippen LogP contribution in [0.2, 0.25) is 5.02 Å². The van der Waals surface area contributed by atoms with Gasteiger partial charge in [0.25, 0.3) is 5.91 Å². The van der Waals surface area contributed by atoms with Crippen LogP contribution in [-0.2, 0) is 6.42 Å². The molecular weight excluding hydrogens is 280 g/mol. The zero-order valence-electron chi connectivity index (χ0n) is 10.6. The van der Waals surface area contributed by atoms with Crippen molar-refractivity contribution in [2.24, 2.45) is 0 Å². The van der Waals surface area contributed by atoms with Crippen LogP contribution in [0.4, 0.5) is 0 Å². The Balaban J connectivity index is 1.75. The SMILES string of the molecule is Cc1csc(CCCNC(=O)c2cccc(Cl)c2)n1. The molecule has 2 aromatic rings. The summed E-state index contributed by atoms with van der Waals surface area (Å²) in [5, 5.41) is 6.62. The van der Waals surface area contributed by atoms with Crippen molar-refractivity contribution in [3.8, 4) is 0 Å². The summed E-state index contributed by atoms with van der Waals surface area (Å²) in [6.07, 6.45) is 1.79. The molecule has 19 heavy (non-hydrogen) atoms. The summed E-state index contributed by atoms with van der Waals surface area (Å²) in [7, 11) is 0. The van der Waals surface area contributed by atoms with Crippen molar-refractivity contribution in [2.75, 3.05) is 6.54 Å². The highest BCUT2D eigenvalue weighted by Gasteiger charge is 2.05. The van der Waals surface area contributed by atoms with Gasteiger partial charge in [0, 0.05) is 34.6 Å². The number of amides is 1. The number of hydrogen-bond donors (Lipinski definition) is 1. The first-order valence-corrected chi connectivity index (χ1v) is 7.35. The normalized spacial score (nSPS) is 10.4. The molecule has 0 saturated carbocycles. The highest BCUT2D eigenvalue weighted by Crippen LogP contribution is 2.11. The summed E-state index contributed by atoms with van der Waals surface area (Å²) in [5.74, 6) is -0.0854. The molecule has 1 N–H and O–H groups in total. The zero-order valence-corrected chi connectivity index (χ0v) is 12.2. The smallest absolute Gasteiger partial charge is 0.251 e. The van der Waals surface area contributed by atoms with Gasteiger partial charge in [0.1, 0.15) is 0 Å². The van der Waals surface area contributed by atoms with E-state index in [-0.39, 0.29) is 5.91 Å². The van der Waals surface area contributed by atoms with Crippen LogP contribution in [0, 0.1) is 6.92 Å². The van der Waals surface area contributed by atoms with Gasteiger partial charge in [-0.1, -0.05) is 17.7 Å². The minimum atomic E-state index is -0.0854. The minimum absolute atomic E-state index is 0.0854. The summed E-state index contributed by atoms with van der Waals surface area (Å²) in [4.78, 5) is 16.2. The summed E-state index contributed by atoms with van der Waals surface area (Å²) in [5.41, 5.74) is 1.65. The Kier molecular flexibility index (Phi) is 4.93. The molecule has 0 unspecified atom stereocenters. The van der Waals surface area contributed by atoms with E-state index < -0.39 is 0 Å². The van der Waals surface area contributed by atoms with E-state index in [1.807, 2.05) is 12.3 Å². The molecule has 100 valence electrons. The first kappa shape index (κ1) is 14.0. The van der Waals surface area contributed by atoms with E-state index in [9.17, 15) is 4.79 Å². The Bertz CT molecular complexity index is 568. The van der Waals surface area contributed by atoms with Crippen LogP contribution in [0.25, 0.3) is 0 Å². The average molecular weight is 295 g/mol. The lowest BCUT2D eigenvalue weighted by molar-refractivity contribution is 0.0953. The monoisotopic (exact) mass is 294 g/mol. The molecule has 0 fully saturated rings. The van der Waals surface area contributed by atoms with E-state index in [1.54, 1.807) is 35.6 Å². The van der Waals surface area contributed by atoms with Crippen molar-refractivity contribution in [1.82, 2.24) is 10.3 Å². The lowest BCUT2D eigenvalue weighted by atomic mass is 10.2. The standard InChI is InChI=1S/C14H15ClN2OS/c1-10-9-19-13(17-10)6-3-7-16-14(18)11-4-2-5-12(15)8-11/h2,4-5,8-9H,3,6-7H2,1H3,(H,16,18). The Hall–Kier alpha value is -1.39. The molecule has 0 aliphatic heterocycles. The zero-order chi connectivity index (χ0) is 13.7. The quantitative estimate of drug-likeness (QED) is 0.858. The molecule has 0 spiro atoms. The predicted molar refractivity (Wildman–Crippen MR) is 79.0 cm³/mol. The fraction of sp³-hybridized carbons (Fsp3) is 0.286. The van der Waals surface area contributed by atoms with Crippen LogP contribution in [0.3, 0.4) is 0 Å². The second kappa shape index (κ2) is 6.68. The summed E-state index contributed by atoms with van der Waals surface area (Å²) in [6.45, 7) is 2.63. The highest BCUT2D eigenvalue weighted by molar-refractivity contribution is 7.09. The molecule has 1 amide bonds. The van der Waals surface area contributed by atoms with Crippen LogP contribution in [0.1, 0.15) is 27.5 Å². The Morgan fingerprint density at radius 2 is 2.32 bits per heavy atom. The number of rotatable bonds is 5. The fourth-order valence-corrected chi connectivity index (χ4v) is 2.70. The number of nitrogens with zero attached hydrogens (tertiary/aromatic N) is 1. The average Bonchev–Trinajstić information content (AvgIpc) is 2.80. The Morgan fingerprint density at radius 3 is 3.00 bits per heavy atom. The van der Waals surface area contributed by atoms with Gasteiger partial charge in [0.2, 0.25) is 0 Å². The van der Waals surface area contributed by atoms with Gasteiger partial charge in [-0.25, -0.2) is 4.98 Å². The topological polar surface area (TPSA) is 42.0 Å². The lowest BCUT2D eigenvalue weighted by Crippen LogP contribution is -2.24. The summed E-state index contributed by atoms with van der Waals surface area (Å²) < 4.78 is 0. The number of thiazole rings is 1. The molecule has 5 heteroatoms. The largest absolute Gasteiger partial charge is 0.352 e. The summed E-state index contributed by atoms with van der Waals surface area (Å²) >= 11 is 7.51. The highest BCUT2D eigenvalue weighted by atomic mass is 35.5. The van der Waals surface area contributed by atoms with E-state index in [2.05, 4.69) is 10.3 Å². The third-order valence-corrected chi connectivity index (χ3v) is 3.87. The van der Waals surface area contributed by atoms with E-state index in [0.717, 1.165) is 23.5 Å². The van der Waals surface area contributed by atoms with Gasteiger partial charge in [-0.05, 0) is 31.5 Å². The lowest BCUT2D eigenvalue weighted by Gasteiger charge is -2.04. The molecular formula is C14H15ClN2OS. The van der Waals surface area contributed by atoms with Crippen LogP contribution >= 0.6 is 22.9 Å². The van der Waals surface area contributed by atoms with E-state index in [0.29, 0.717) is 17.1 Å². The molecule has 0 aliphatic rings. The van der Waals surface area contributed by atoms with Crippen molar-refractivity contribution >= 4 is 28.8 Å². The molecule has 3 nitrogen and oxygen atoms in total. The maximum absolute atomic E-state index is 11.8. The van der Waals surface area contributed by atoms with Gasteiger partial charge in [-0.15, -0.1) is 11.3 Å². The molecule has 1 heterocycles. The van der Waals surface area contributed by atoms with Crippen LogP contribution in [-0.4, -0.2) is 17.4 Å². The number of aryl methyl sites for hydroxylation is 2. The van der Waals surface area contributed by atoms with E-state index in [4.69, 9.17) is 11.6 Å². The van der Waals surface area contributed by atoms with Crippen molar-refractivity contribution in [3.05, 3.63) is 50.9 Å². The number of nitrogens with one attached hydrogen (secondary N) is 1. The third kappa shape index (κ3) is 4.33. The molecule has 0 atom stereocenters. The summed E-state index contributed by atoms with van der Waals surface area (Å²) in [6, 6.07) is 6.95. The van der Waals surface area contributed by atoms with Gasteiger partial charge in [0.15, 0.2) is 0 Å². The molecule has 0 saturated heterocycles. The Labute approximate surface area is 121 Å². The van der Waals surface area contributed by atoms with Crippen molar-refractivity contribution in [2.45, 2.75) is 19.8 Å². The van der Waals surface area contributed by atoms with E-state index in [1.165, 1.54) is 0 Å². The second-order valence-electron chi connectivity index (χ2n) is 4.25. The maximum Gasteiger partial charge on any atom is 0.251 e. The number of aromatic nitrogens is 1. The number of carbonyl (C=O) groups excluding carboxylic acids is 1. The molecule has 1 aromatic heterocycles. The first-order chi connectivity index (χ1) is 9.15. The first-order valence-electron chi connectivity index (χ1n) is 6.10. The number of carbonyl (C=O) groups is 1.